The van der Waals surface area contributed by atoms with E-state index < -0.39 is 0 Å². The monoisotopic (exact) mass is 308 g/mol. The lowest BCUT2D eigenvalue weighted by atomic mass is 9.97. The fraction of sp³-hybridized carbons (Fsp3) is 0.833. The van der Waals surface area contributed by atoms with Gasteiger partial charge in [-0.3, -0.25) is 4.99 Å². The molecule has 0 aromatic rings. The van der Waals surface area contributed by atoms with Crippen LogP contribution in [0.15, 0.2) is 17.6 Å². The molecule has 0 amide bonds. The van der Waals surface area contributed by atoms with Gasteiger partial charge in [-0.25, -0.2) is 0 Å². The zero-order chi connectivity index (χ0) is 16.4. The highest BCUT2D eigenvalue weighted by Crippen LogP contribution is 2.18. The Bertz CT molecular complexity index is 338. The minimum Gasteiger partial charge on any atom is -0.357 e. The Morgan fingerprint density at radius 1 is 1.50 bits per heavy atom. The maximum atomic E-state index is 4.89. The predicted molar refractivity (Wildman–Crippen MR) is 97.5 cm³/mol. The van der Waals surface area contributed by atoms with Crippen LogP contribution in [0, 0.1) is 5.92 Å². The highest BCUT2D eigenvalue weighted by molar-refractivity contribution is 5.79. The molecular weight excluding hydrogens is 272 g/mol. The van der Waals surface area contributed by atoms with Gasteiger partial charge in [0.25, 0.3) is 0 Å². The molecular formula is C18H36N4. The first-order chi connectivity index (χ1) is 10.6. The minimum absolute atomic E-state index is 0.654. The van der Waals surface area contributed by atoms with Crippen molar-refractivity contribution in [3.05, 3.63) is 12.7 Å². The Labute approximate surface area is 137 Å². The van der Waals surface area contributed by atoms with Crippen LogP contribution in [0.2, 0.25) is 0 Å². The van der Waals surface area contributed by atoms with Gasteiger partial charge >= 0.3 is 0 Å². The number of allylic oxidation sites excluding steroid dienone is 1. The summed E-state index contributed by atoms with van der Waals surface area (Å²) >= 11 is 0. The topological polar surface area (TPSA) is 30.9 Å². The molecule has 1 fully saturated rings. The molecule has 0 aliphatic carbocycles. The van der Waals surface area contributed by atoms with Gasteiger partial charge in [-0.1, -0.05) is 6.08 Å². The molecule has 1 saturated heterocycles. The van der Waals surface area contributed by atoms with Gasteiger partial charge in [-0.15, -0.1) is 6.58 Å². The van der Waals surface area contributed by atoms with Crippen LogP contribution in [0.1, 0.15) is 46.5 Å². The van der Waals surface area contributed by atoms with Gasteiger partial charge in [0.15, 0.2) is 5.96 Å². The smallest absolute Gasteiger partial charge is 0.193 e. The highest BCUT2D eigenvalue weighted by atomic mass is 15.3. The number of aliphatic imine (C=N–C) groups is 1. The van der Waals surface area contributed by atoms with Crippen molar-refractivity contribution in [2.45, 2.75) is 52.5 Å². The number of rotatable bonds is 8. The van der Waals surface area contributed by atoms with E-state index in [2.05, 4.69) is 49.5 Å². The molecule has 1 aliphatic rings. The van der Waals surface area contributed by atoms with E-state index in [0.29, 0.717) is 12.0 Å². The summed E-state index contributed by atoms with van der Waals surface area (Å²) in [5.74, 6) is 1.75. The van der Waals surface area contributed by atoms with E-state index in [4.69, 9.17) is 4.99 Å². The lowest BCUT2D eigenvalue weighted by Gasteiger charge is -2.35. The van der Waals surface area contributed by atoms with Crippen LogP contribution in [0.3, 0.4) is 0 Å². The summed E-state index contributed by atoms with van der Waals surface area (Å²) in [4.78, 5) is 9.72. The second-order valence-electron chi connectivity index (χ2n) is 6.64. The molecule has 22 heavy (non-hydrogen) atoms. The number of hydrogen-bond acceptors (Lipinski definition) is 2. The Morgan fingerprint density at radius 2 is 2.27 bits per heavy atom. The molecule has 1 heterocycles. The van der Waals surface area contributed by atoms with Crippen molar-refractivity contribution in [2.75, 3.05) is 39.8 Å². The molecule has 0 saturated carbocycles. The highest BCUT2D eigenvalue weighted by Gasteiger charge is 2.21. The van der Waals surface area contributed by atoms with Crippen LogP contribution in [-0.2, 0) is 0 Å². The Hall–Kier alpha value is -1.03. The van der Waals surface area contributed by atoms with Gasteiger partial charge in [-0.2, -0.15) is 0 Å². The van der Waals surface area contributed by atoms with E-state index in [-0.39, 0.29) is 0 Å². The molecule has 0 aromatic carbocycles. The SMILES string of the molecule is C=CCCCN(C)C(=NCC1CCCN(C(C)C)C1)NCC. The van der Waals surface area contributed by atoms with Crippen LogP contribution in [0.4, 0.5) is 0 Å². The van der Waals surface area contributed by atoms with Crippen molar-refractivity contribution in [3.8, 4) is 0 Å². The number of likely N-dealkylation sites (tertiary alicyclic amines) is 1. The number of piperidine rings is 1. The summed E-state index contributed by atoms with van der Waals surface area (Å²) in [5, 5.41) is 3.42. The van der Waals surface area contributed by atoms with E-state index in [1.54, 1.807) is 0 Å². The molecule has 1 unspecified atom stereocenters. The molecule has 1 atom stereocenters. The lowest BCUT2D eigenvalue weighted by Crippen LogP contribution is -2.42. The van der Waals surface area contributed by atoms with Crippen LogP contribution in [0.5, 0.6) is 0 Å². The number of nitrogens with one attached hydrogen (secondary N) is 1. The second-order valence-corrected chi connectivity index (χ2v) is 6.64. The molecule has 4 heteroatoms. The number of unbranched alkanes of at least 4 members (excludes halogenated alkanes) is 1. The normalized spacial score (nSPS) is 20.2. The van der Waals surface area contributed by atoms with Crippen LogP contribution >= 0.6 is 0 Å². The first kappa shape index (κ1) is 19.0. The van der Waals surface area contributed by atoms with Gasteiger partial charge in [0.05, 0.1) is 0 Å². The van der Waals surface area contributed by atoms with Gasteiger partial charge in [0.1, 0.15) is 0 Å². The minimum atomic E-state index is 0.654. The summed E-state index contributed by atoms with van der Waals surface area (Å²) < 4.78 is 0. The molecule has 0 radical (unpaired) electrons. The second kappa shape index (κ2) is 10.7. The van der Waals surface area contributed by atoms with Crippen molar-refractivity contribution in [1.82, 2.24) is 15.1 Å². The summed E-state index contributed by atoms with van der Waals surface area (Å²) in [6.45, 7) is 15.8. The maximum Gasteiger partial charge on any atom is 0.193 e. The Balaban J connectivity index is 2.51. The third kappa shape index (κ3) is 6.82. The number of hydrogen-bond donors (Lipinski definition) is 1. The van der Waals surface area contributed by atoms with Crippen molar-refractivity contribution in [1.29, 1.82) is 0 Å². The third-order valence-electron chi connectivity index (χ3n) is 4.38. The Morgan fingerprint density at radius 3 is 2.91 bits per heavy atom. The molecule has 1 rings (SSSR count). The summed E-state index contributed by atoms with van der Waals surface area (Å²) in [6, 6.07) is 0.654. The fourth-order valence-electron chi connectivity index (χ4n) is 2.98. The van der Waals surface area contributed by atoms with Gasteiger partial charge < -0.3 is 15.1 Å². The first-order valence-electron chi connectivity index (χ1n) is 8.92. The number of nitrogens with zero attached hydrogens (tertiary/aromatic N) is 3. The summed E-state index contributed by atoms with van der Waals surface area (Å²) in [5.41, 5.74) is 0. The van der Waals surface area contributed by atoms with E-state index in [9.17, 15) is 0 Å². The number of guanidine groups is 1. The molecule has 1 aliphatic heterocycles. The van der Waals surface area contributed by atoms with Crippen molar-refractivity contribution in [2.24, 2.45) is 10.9 Å². The van der Waals surface area contributed by atoms with Crippen molar-refractivity contribution < 1.29 is 0 Å². The van der Waals surface area contributed by atoms with E-state index in [1.807, 2.05) is 6.08 Å². The van der Waals surface area contributed by atoms with Crippen LogP contribution in [-0.4, -0.2) is 61.6 Å². The average molecular weight is 309 g/mol. The fourth-order valence-corrected chi connectivity index (χ4v) is 2.98. The zero-order valence-electron chi connectivity index (χ0n) is 15.1. The van der Waals surface area contributed by atoms with E-state index in [0.717, 1.165) is 38.4 Å². The molecule has 0 aromatic heterocycles. The summed E-state index contributed by atoms with van der Waals surface area (Å²) in [6.07, 6.45) is 6.81. The van der Waals surface area contributed by atoms with Gasteiger partial charge in [-0.05, 0) is 58.9 Å². The van der Waals surface area contributed by atoms with Crippen molar-refractivity contribution >= 4 is 5.96 Å². The Kier molecular flexibility index (Phi) is 9.21. The van der Waals surface area contributed by atoms with Gasteiger partial charge in [0.2, 0.25) is 0 Å². The van der Waals surface area contributed by atoms with Gasteiger partial charge in [0, 0.05) is 39.3 Å². The standard InChI is InChI=1S/C18H36N4/c1-6-8-9-12-21(5)18(19-7-2)20-14-17-11-10-13-22(15-17)16(3)4/h6,16-17H,1,7-15H2,2-5H3,(H,19,20). The van der Waals surface area contributed by atoms with Crippen molar-refractivity contribution in [3.63, 3.8) is 0 Å². The quantitative estimate of drug-likeness (QED) is 0.324. The molecule has 128 valence electrons. The van der Waals surface area contributed by atoms with E-state index >= 15 is 0 Å². The average Bonchev–Trinajstić information content (AvgIpc) is 2.51. The molecule has 4 nitrogen and oxygen atoms in total. The maximum absolute atomic E-state index is 4.89. The van der Waals surface area contributed by atoms with Crippen LogP contribution in [0.25, 0.3) is 0 Å². The third-order valence-corrected chi connectivity index (χ3v) is 4.38. The van der Waals surface area contributed by atoms with Crippen LogP contribution < -0.4 is 5.32 Å². The summed E-state index contributed by atoms with van der Waals surface area (Å²) in [7, 11) is 2.13. The van der Waals surface area contributed by atoms with E-state index in [1.165, 1.54) is 25.9 Å². The molecule has 0 spiro atoms. The predicted octanol–water partition coefficient (Wildman–Crippen LogP) is 2.97. The zero-order valence-corrected chi connectivity index (χ0v) is 15.1. The molecule has 0 bridgehead atoms. The largest absolute Gasteiger partial charge is 0.357 e. The molecule has 1 N–H and O–H groups in total. The lowest BCUT2D eigenvalue weighted by molar-refractivity contribution is 0.143. The first-order valence-corrected chi connectivity index (χ1v) is 8.92.